The van der Waals surface area contributed by atoms with Gasteiger partial charge in [-0.25, -0.2) is 14.8 Å². The maximum absolute atomic E-state index is 11.8. The van der Waals surface area contributed by atoms with Crippen molar-refractivity contribution >= 4 is 12.1 Å². The van der Waals surface area contributed by atoms with Crippen molar-refractivity contribution in [2.75, 3.05) is 13.6 Å². The molecule has 1 aliphatic heterocycles. The summed E-state index contributed by atoms with van der Waals surface area (Å²) in [6.07, 6.45) is -0.292. The number of carboxylic acids is 1. The molecule has 1 rings (SSSR count). The number of halogens is 1. The molecule has 0 bridgehead atoms. The average Bonchev–Trinajstić information content (AvgIpc) is 2.43. The van der Waals surface area contributed by atoms with Gasteiger partial charge in [-0.05, 0) is 27.2 Å². The maximum atomic E-state index is 11.8. The number of rotatable bonds is 1. The second-order valence-corrected chi connectivity index (χ2v) is 4.83. The van der Waals surface area contributed by atoms with Crippen LogP contribution >= 0.6 is 0 Å². The van der Waals surface area contributed by atoms with Crippen molar-refractivity contribution in [2.24, 2.45) is 0 Å². The summed E-state index contributed by atoms with van der Waals surface area (Å²) in [5.74, 6) is -1.25. The van der Waals surface area contributed by atoms with E-state index in [9.17, 15) is 14.7 Å². The first kappa shape index (κ1) is 24.6. The Labute approximate surface area is 154 Å². The van der Waals surface area contributed by atoms with Crippen molar-refractivity contribution < 1.29 is 80.3 Å². The van der Waals surface area contributed by atoms with Gasteiger partial charge in [-0.1, -0.05) is 0 Å². The number of carboxylic acid groups (broad SMARTS) is 1. The minimum atomic E-state index is -1.25. The number of carbonyl (C=O) groups excluding carboxylic acids is 2. The predicted molar refractivity (Wildman–Crippen MR) is 54.1 cm³/mol. The van der Waals surface area contributed by atoms with Gasteiger partial charge in [0.1, 0.15) is 5.60 Å². The molecule has 1 saturated heterocycles. The third-order valence-electron chi connectivity index (χ3n) is 2.24. The molecule has 0 N–H and O–H groups in total. The molecule has 0 aromatic carbocycles. The van der Waals surface area contributed by atoms with Crippen LogP contribution in [0.3, 0.4) is 0 Å². The Hall–Kier alpha value is 0.587. The quantitative estimate of drug-likeness (QED) is 0.449. The van der Waals surface area contributed by atoms with E-state index in [1.807, 2.05) is 0 Å². The summed E-state index contributed by atoms with van der Waals surface area (Å²) in [5.41, 5.74) is -0.642. The number of aliphatic carboxylic acids is 1. The molecular weight excluding hydrogens is 278 g/mol. The van der Waals surface area contributed by atoms with Crippen LogP contribution in [0, 0.1) is 0 Å². The summed E-state index contributed by atoms with van der Waals surface area (Å²) in [5, 5.41) is 13.5. The van der Waals surface area contributed by atoms with Gasteiger partial charge in [0.2, 0.25) is 0 Å². The largest absolute Gasteiger partial charge is 1.00 e. The van der Waals surface area contributed by atoms with Gasteiger partial charge >= 0.3 is 54.5 Å². The van der Waals surface area contributed by atoms with Crippen LogP contribution in [0.1, 0.15) is 27.2 Å². The fraction of sp³-hybridized carbons (Fsp3) is 0.800. The molecular formula is C10H17ClLiN2NaO4. The topological polar surface area (TPSA) is 72.9 Å². The Balaban J connectivity index is -0.000000853. The van der Waals surface area contributed by atoms with Crippen LogP contribution in [0.2, 0.25) is 0 Å². The van der Waals surface area contributed by atoms with Crippen molar-refractivity contribution in [3.8, 4) is 0 Å². The molecule has 1 amide bonds. The zero-order valence-corrected chi connectivity index (χ0v) is 15.2. The summed E-state index contributed by atoms with van der Waals surface area (Å²) < 4.78 is 5.13. The maximum Gasteiger partial charge on any atom is 1.00 e. The van der Waals surface area contributed by atoms with E-state index in [0.29, 0.717) is 13.0 Å². The molecule has 6 nitrogen and oxygen atoms in total. The van der Waals surface area contributed by atoms with E-state index in [2.05, 4.69) is 0 Å². The summed E-state index contributed by atoms with van der Waals surface area (Å²) in [4.78, 5) is 22.6. The molecule has 1 fully saturated rings. The van der Waals surface area contributed by atoms with Crippen LogP contribution in [-0.2, 0) is 9.53 Å². The minimum absolute atomic E-state index is 0. The van der Waals surface area contributed by atoms with E-state index in [4.69, 9.17) is 4.74 Å². The van der Waals surface area contributed by atoms with Gasteiger partial charge in [0.25, 0.3) is 0 Å². The monoisotopic (exact) mass is 294 g/mol. The first-order chi connectivity index (χ1) is 7.22. The van der Waals surface area contributed by atoms with Gasteiger partial charge in [-0.15, -0.1) is 0 Å². The summed E-state index contributed by atoms with van der Waals surface area (Å²) in [7, 11) is 1.65. The number of nitrogens with zero attached hydrogens (tertiary/aromatic N) is 2. The Morgan fingerprint density at radius 2 is 1.79 bits per heavy atom. The molecule has 19 heavy (non-hydrogen) atoms. The third kappa shape index (κ3) is 7.23. The van der Waals surface area contributed by atoms with Gasteiger partial charge < -0.3 is 27.0 Å². The molecule has 1 heterocycles. The van der Waals surface area contributed by atoms with Crippen molar-refractivity contribution in [3.63, 3.8) is 0 Å². The van der Waals surface area contributed by atoms with Crippen molar-refractivity contribution in [1.29, 1.82) is 0 Å². The van der Waals surface area contributed by atoms with E-state index in [0.717, 1.165) is 5.01 Å². The molecule has 0 aliphatic carbocycles. The summed E-state index contributed by atoms with van der Waals surface area (Å²) in [6, 6.07) is -0.931. The number of hydrogen-bond donors (Lipinski definition) is 0. The molecule has 1 aliphatic rings. The van der Waals surface area contributed by atoms with Crippen molar-refractivity contribution in [3.05, 3.63) is 0 Å². The second-order valence-electron chi connectivity index (χ2n) is 4.83. The normalized spacial score (nSPS) is 18.7. The van der Waals surface area contributed by atoms with Crippen LogP contribution in [0.25, 0.3) is 0 Å². The van der Waals surface area contributed by atoms with E-state index >= 15 is 0 Å². The third-order valence-corrected chi connectivity index (χ3v) is 2.24. The van der Waals surface area contributed by atoms with E-state index in [1.165, 1.54) is 5.01 Å². The molecule has 0 aromatic rings. The van der Waals surface area contributed by atoms with Crippen molar-refractivity contribution in [1.82, 2.24) is 10.0 Å². The van der Waals surface area contributed by atoms with Gasteiger partial charge in [-0.2, -0.15) is 0 Å². The predicted octanol–water partition coefficient (Wildman–Crippen LogP) is -9.40. The molecule has 100 valence electrons. The van der Waals surface area contributed by atoms with Crippen LogP contribution in [0.5, 0.6) is 0 Å². The van der Waals surface area contributed by atoms with Gasteiger partial charge in [-0.3, -0.25) is 0 Å². The standard InChI is InChI=1S/C10H18N2O4.ClH.Li.Na/c1-10(2,3)16-9(15)12-7(8(13)14)5-6-11(12)4;;;/h7H,5-6H2,1-4H3,(H,13,14);1H;;/q;;2*+1/p-2/t7-;;;/m0.../s1. The van der Waals surface area contributed by atoms with Crippen LogP contribution in [0.4, 0.5) is 4.79 Å². The van der Waals surface area contributed by atoms with Crippen LogP contribution in [-0.4, -0.2) is 47.3 Å². The number of amides is 1. The fourth-order valence-electron chi connectivity index (χ4n) is 1.57. The molecule has 0 spiro atoms. The fourth-order valence-corrected chi connectivity index (χ4v) is 1.57. The van der Waals surface area contributed by atoms with E-state index < -0.39 is 23.7 Å². The summed E-state index contributed by atoms with van der Waals surface area (Å²) >= 11 is 0. The summed E-state index contributed by atoms with van der Waals surface area (Å²) in [6.45, 7) is 5.69. The number of hydrogen-bond acceptors (Lipinski definition) is 5. The Morgan fingerprint density at radius 1 is 1.32 bits per heavy atom. The van der Waals surface area contributed by atoms with E-state index in [-0.39, 0.29) is 60.8 Å². The Morgan fingerprint density at radius 3 is 2.16 bits per heavy atom. The second kappa shape index (κ2) is 9.51. The minimum Gasteiger partial charge on any atom is -1.00 e. The van der Waals surface area contributed by atoms with Crippen molar-refractivity contribution in [2.45, 2.75) is 38.8 Å². The molecule has 1 atom stereocenters. The van der Waals surface area contributed by atoms with Crippen LogP contribution < -0.4 is 65.9 Å². The van der Waals surface area contributed by atoms with Gasteiger partial charge in [0.05, 0.1) is 12.0 Å². The molecule has 0 unspecified atom stereocenters. The SMILES string of the molecule is CN1CC[C@@H](C(=O)[O-])N1C(=O)OC(C)(C)C.[Cl-].[Li+].[Na+]. The molecule has 0 radical (unpaired) electrons. The Bertz CT molecular complexity index is 314. The first-order valence-corrected chi connectivity index (χ1v) is 5.16. The zero-order chi connectivity index (χ0) is 12.5. The average molecular weight is 295 g/mol. The van der Waals surface area contributed by atoms with Gasteiger partial charge in [0.15, 0.2) is 0 Å². The number of carbonyl (C=O) groups is 2. The first-order valence-electron chi connectivity index (χ1n) is 5.16. The number of ether oxygens (including phenoxy) is 1. The number of hydrazine groups is 1. The molecule has 0 aromatic heterocycles. The molecule has 9 heteroatoms. The molecule has 0 saturated carbocycles. The Kier molecular flexibility index (Phi) is 12.3. The van der Waals surface area contributed by atoms with Crippen LogP contribution in [0.15, 0.2) is 0 Å². The van der Waals surface area contributed by atoms with E-state index in [1.54, 1.807) is 27.8 Å². The van der Waals surface area contributed by atoms with Gasteiger partial charge in [0, 0.05) is 13.6 Å². The smallest absolute Gasteiger partial charge is 1.00 e. The zero-order valence-electron chi connectivity index (χ0n) is 12.4.